The van der Waals surface area contributed by atoms with E-state index in [0.717, 1.165) is 19.3 Å². The lowest BCUT2D eigenvalue weighted by Crippen LogP contribution is -2.11. The van der Waals surface area contributed by atoms with Crippen LogP contribution in [0.5, 0.6) is 0 Å². The summed E-state index contributed by atoms with van der Waals surface area (Å²) in [5, 5.41) is 0. The molecule has 0 saturated heterocycles. The fourth-order valence-corrected chi connectivity index (χ4v) is 2.28. The van der Waals surface area contributed by atoms with Gasteiger partial charge in [0, 0.05) is 0 Å². The summed E-state index contributed by atoms with van der Waals surface area (Å²) in [7, 11) is 0. The van der Waals surface area contributed by atoms with E-state index in [1.165, 1.54) is 32.1 Å². The first-order valence-electron chi connectivity index (χ1n) is 7.07. The number of carbonyl (C=O) groups excluding carboxylic acids is 1. The van der Waals surface area contributed by atoms with E-state index in [1.54, 1.807) is 6.08 Å². The van der Waals surface area contributed by atoms with Crippen LogP contribution in [0.25, 0.3) is 0 Å². The summed E-state index contributed by atoms with van der Waals surface area (Å²) in [5.41, 5.74) is 0. The monoisotopic (exact) mass is 249 g/mol. The maximum absolute atomic E-state index is 10.4. The van der Waals surface area contributed by atoms with Crippen molar-refractivity contribution < 1.29 is 4.79 Å². The average molecular weight is 249 g/mol. The Balaban J connectivity index is 4.16. The minimum absolute atomic E-state index is 0.0520. The summed E-state index contributed by atoms with van der Waals surface area (Å²) < 4.78 is 0. The normalized spacial score (nSPS) is 13.4. The minimum atomic E-state index is 0.0520. The van der Waals surface area contributed by atoms with Gasteiger partial charge >= 0.3 is 0 Å². The zero-order chi connectivity index (χ0) is 13.6. The van der Waals surface area contributed by atoms with Crippen molar-refractivity contribution in [3.8, 4) is 0 Å². The SMILES string of the molecule is C=CCC(CCCCCC)CC(CC=C)N=C=O. The highest BCUT2D eigenvalue weighted by molar-refractivity contribution is 5.33. The largest absolute Gasteiger partial charge is 0.235 e. The van der Waals surface area contributed by atoms with Gasteiger partial charge in [0.2, 0.25) is 6.08 Å². The van der Waals surface area contributed by atoms with Gasteiger partial charge in [0.1, 0.15) is 0 Å². The molecule has 0 aliphatic heterocycles. The van der Waals surface area contributed by atoms with Crippen molar-refractivity contribution in [2.75, 3.05) is 0 Å². The maximum Gasteiger partial charge on any atom is 0.235 e. The molecule has 0 saturated carbocycles. The van der Waals surface area contributed by atoms with Gasteiger partial charge in [-0.1, -0.05) is 51.2 Å². The molecule has 18 heavy (non-hydrogen) atoms. The van der Waals surface area contributed by atoms with Gasteiger partial charge in [-0.2, -0.15) is 0 Å². The molecule has 0 fully saturated rings. The zero-order valence-electron chi connectivity index (χ0n) is 11.7. The van der Waals surface area contributed by atoms with E-state index < -0.39 is 0 Å². The molecule has 0 rings (SSSR count). The number of aliphatic imine (C=N–C) groups is 1. The summed E-state index contributed by atoms with van der Waals surface area (Å²) in [6, 6.07) is 0.0520. The van der Waals surface area contributed by atoms with Gasteiger partial charge in [-0.25, -0.2) is 9.79 Å². The molecule has 0 radical (unpaired) electrons. The average Bonchev–Trinajstić information content (AvgIpc) is 2.35. The van der Waals surface area contributed by atoms with E-state index in [9.17, 15) is 4.79 Å². The highest BCUT2D eigenvalue weighted by atomic mass is 16.1. The van der Waals surface area contributed by atoms with Gasteiger partial charge in [-0.05, 0) is 25.2 Å². The third-order valence-electron chi connectivity index (χ3n) is 3.25. The van der Waals surface area contributed by atoms with Crippen molar-refractivity contribution in [1.82, 2.24) is 0 Å². The lowest BCUT2D eigenvalue weighted by Gasteiger charge is -2.18. The zero-order valence-corrected chi connectivity index (χ0v) is 11.7. The standard InChI is InChI=1S/C16H27NO/c1-4-7-8-9-12-15(10-5-2)13-16(11-6-3)17-14-18/h5-6,15-16H,2-4,7-13H2,1H3. The number of hydrogen-bond donors (Lipinski definition) is 0. The fraction of sp³-hybridized carbons (Fsp3) is 0.688. The van der Waals surface area contributed by atoms with Gasteiger partial charge in [-0.3, -0.25) is 0 Å². The molecule has 0 bridgehead atoms. The van der Waals surface area contributed by atoms with E-state index in [0.29, 0.717) is 5.92 Å². The van der Waals surface area contributed by atoms with Gasteiger partial charge in [0.05, 0.1) is 6.04 Å². The smallest absolute Gasteiger partial charge is 0.211 e. The van der Waals surface area contributed by atoms with Crippen LogP contribution in [0.4, 0.5) is 0 Å². The van der Waals surface area contributed by atoms with Crippen LogP contribution in [-0.2, 0) is 4.79 Å². The molecule has 2 nitrogen and oxygen atoms in total. The van der Waals surface area contributed by atoms with Crippen molar-refractivity contribution in [1.29, 1.82) is 0 Å². The molecule has 0 heterocycles. The number of nitrogens with zero attached hydrogens (tertiary/aromatic N) is 1. The second-order valence-corrected chi connectivity index (χ2v) is 4.87. The quantitative estimate of drug-likeness (QED) is 0.211. The molecule has 0 aliphatic carbocycles. The number of isocyanates is 1. The first-order chi connectivity index (χ1) is 8.78. The molecule has 0 amide bonds. The van der Waals surface area contributed by atoms with Crippen LogP contribution < -0.4 is 0 Å². The van der Waals surface area contributed by atoms with Crippen LogP contribution in [0.2, 0.25) is 0 Å². The van der Waals surface area contributed by atoms with Crippen LogP contribution in [0.3, 0.4) is 0 Å². The fourth-order valence-electron chi connectivity index (χ4n) is 2.28. The Hall–Kier alpha value is -1.14. The van der Waals surface area contributed by atoms with Crippen molar-refractivity contribution in [2.24, 2.45) is 10.9 Å². The summed E-state index contributed by atoms with van der Waals surface area (Å²) in [4.78, 5) is 14.3. The molecule has 2 unspecified atom stereocenters. The Labute approximate surface area is 112 Å². The van der Waals surface area contributed by atoms with Crippen molar-refractivity contribution in [2.45, 2.75) is 64.3 Å². The molecule has 2 atom stereocenters. The van der Waals surface area contributed by atoms with E-state index in [-0.39, 0.29) is 6.04 Å². The molecule has 0 aromatic heterocycles. The number of allylic oxidation sites excluding steroid dienone is 1. The predicted molar refractivity (Wildman–Crippen MR) is 78.4 cm³/mol. The molecule has 2 heteroatoms. The molecule has 102 valence electrons. The third kappa shape index (κ3) is 8.95. The molecule has 0 N–H and O–H groups in total. The van der Waals surface area contributed by atoms with Crippen LogP contribution in [0.15, 0.2) is 30.3 Å². The second-order valence-electron chi connectivity index (χ2n) is 4.87. The van der Waals surface area contributed by atoms with Crippen LogP contribution >= 0.6 is 0 Å². The van der Waals surface area contributed by atoms with Crippen molar-refractivity contribution in [3.05, 3.63) is 25.3 Å². The second kappa shape index (κ2) is 12.3. The van der Waals surface area contributed by atoms with Crippen LogP contribution in [0, 0.1) is 5.92 Å². The molecule has 0 aromatic carbocycles. The first kappa shape index (κ1) is 16.9. The highest BCUT2D eigenvalue weighted by Crippen LogP contribution is 2.22. The Morgan fingerprint density at radius 2 is 1.89 bits per heavy atom. The lowest BCUT2D eigenvalue weighted by molar-refractivity contribution is 0.393. The summed E-state index contributed by atoms with van der Waals surface area (Å²) >= 11 is 0. The Kier molecular flexibility index (Phi) is 11.5. The maximum atomic E-state index is 10.4. The number of hydrogen-bond acceptors (Lipinski definition) is 2. The van der Waals surface area contributed by atoms with Gasteiger partial charge in [0.25, 0.3) is 0 Å². The number of unbranched alkanes of at least 4 members (excludes halogenated alkanes) is 3. The minimum Gasteiger partial charge on any atom is -0.211 e. The summed E-state index contributed by atoms with van der Waals surface area (Å²) in [6.45, 7) is 9.75. The molecule has 0 aromatic rings. The van der Waals surface area contributed by atoms with Gasteiger partial charge < -0.3 is 0 Å². The van der Waals surface area contributed by atoms with Gasteiger partial charge in [-0.15, -0.1) is 13.2 Å². The summed E-state index contributed by atoms with van der Waals surface area (Å²) in [5.74, 6) is 0.585. The highest BCUT2D eigenvalue weighted by Gasteiger charge is 2.13. The topological polar surface area (TPSA) is 29.4 Å². The van der Waals surface area contributed by atoms with Crippen molar-refractivity contribution >= 4 is 6.08 Å². The molecular formula is C16H27NO. The number of rotatable bonds is 12. The molecule has 0 aliphatic rings. The van der Waals surface area contributed by atoms with Gasteiger partial charge in [0.15, 0.2) is 0 Å². The van der Waals surface area contributed by atoms with E-state index in [2.05, 4.69) is 25.1 Å². The molecular weight excluding hydrogens is 222 g/mol. The summed E-state index contributed by atoms with van der Waals surface area (Å²) in [6.07, 6.45) is 14.5. The lowest BCUT2D eigenvalue weighted by atomic mass is 9.90. The van der Waals surface area contributed by atoms with Crippen LogP contribution in [-0.4, -0.2) is 12.1 Å². The third-order valence-corrected chi connectivity index (χ3v) is 3.25. The van der Waals surface area contributed by atoms with E-state index in [1.807, 2.05) is 12.2 Å². The molecule has 0 spiro atoms. The van der Waals surface area contributed by atoms with Crippen molar-refractivity contribution in [3.63, 3.8) is 0 Å². The Morgan fingerprint density at radius 3 is 2.44 bits per heavy atom. The Bertz CT molecular complexity index is 266. The van der Waals surface area contributed by atoms with E-state index in [4.69, 9.17) is 0 Å². The predicted octanol–water partition coefficient (Wildman–Crippen LogP) is 4.82. The Morgan fingerprint density at radius 1 is 1.17 bits per heavy atom. The first-order valence-corrected chi connectivity index (χ1v) is 7.07. The van der Waals surface area contributed by atoms with Crippen LogP contribution in [0.1, 0.15) is 58.3 Å². The van der Waals surface area contributed by atoms with E-state index >= 15 is 0 Å².